The van der Waals surface area contributed by atoms with E-state index in [4.69, 9.17) is 128 Å². The molecule has 19 aliphatic rings. The number of carbonyl (C=O) groups excluding carboxylic acids is 10. The van der Waals surface area contributed by atoms with Gasteiger partial charge in [-0.05, 0) is 224 Å². The Labute approximate surface area is 693 Å². The molecule has 0 N–H and O–H groups in total. The van der Waals surface area contributed by atoms with E-state index in [0.717, 1.165) is 32.1 Å². The number of rotatable bonds is 5. The van der Waals surface area contributed by atoms with Crippen LogP contribution in [0.25, 0.3) is 0 Å². The molecular weight excluding hydrogens is 1640 g/mol. The zero-order valence-electron chi connectivity index (χ0n) is 58.4. The molecule has 26 heteroatoms. The van der Waals surface area contributed by atoms with Crippen molar-refractivity contribution in [1.29, 1.82) is 0 Å². The molecule has 0 spiro atoms. The Bertz CT molecular complexity index is 5040. The van der Waals surface area contributed by atoms with E-state index in [1.165, 1.54) is 49.5 Å². The standard InChI is InChI=1S/2C20H17Cl2NO2.C15H10Cl3NO2.2C15H11Cl2NO2/c21-10-3-4-14(13(22)6-10)23-19(24)17-11-7-12(18(17)20(23)25)16-9-2-1-8(5-9)15(11)16;21-12-2-1-3-13(22)18(12)23-19(24)16-10-7-11(17(16)20(23)25)15-9-5-4-8(6-9)14(10)15;16-8-4-10(18)11(5-9(8)17)19-14(20)12-6-1-2-7(3-6)13(12)15(19)21;16-9-3-4-11(10(17)6-9)18-14(19)12-7-1-2-8(5-7)13(12)15(18)20;16-9-2-1-3-10(17)13(9)18-14(19)11-7-4-5-8(6-7)12(11)15(18)20/h1-4,6,8-9,11-12,15-18H,5,7H2;1-5,8-11,14-17H,6-7H2;1-2,4-7,12-13H,3H2;1-4,6-8,12-13H,5H2;1-5,7-8,11-12H,6H2. The molecule has 5 aliphatic heterocycles. The zero-order valence-corrected chi connectivity index (χ0v) is 66.8. The van der Waals surface area contributed by atoms with E-state index in [0.29, 0.717) is 145 Å². The molecule has 5 aromatic rings. The maximum atomic E-state index is 13.3. The fourth-order valence-electron chi connectivity index (χ4n) is 25.5. The number of amides is 10. The Balaban J connectivity index is 0.0000000910. The highest BCUT2D eigenvalue weighted by Gasteiger charge is 2.74. The summed E-state index contributed by atoms with van der Waals surface area (Å²) in [4.78, 5) is 135. The second-order valence-electron chi connectivity index (χ2n) is 33.5. The molecule has 14 fully saturated rings. The average Bonchev–Trinajstić information content (AvgIpc) is 1.52. The zero-order chi connectivity index (χ0) is 77.0. The monoisotopic (exact) mass is 1700 g/mol. The van der Waals surface area contributed by atoms with Gasteiger partial charge in [0.25, 0.3) is 0 Å². The van der Waals surface area contributed by atoms with Crippen LogP contribution < -0.4 is 24.5 Å². The fourth-order valence-corrected chi connectivity index (χ4v) is 28.3. The molecule has 15 nitrogen and oxygen atoms in total. The average molecular weight is 1710 g/mol. The van der Waals surface area contributed by atoms with Gasteiger partial charge in [-0.25, -0.2) is 24.5 Å². The largest absolute Gasteiger partial charge is 0.274 e. The van der Waals surface area contributed by atoms with Crippen molar-refractivity contribution in [3.8, 4) is 0 Å². The van der Waals surface area contributed by atoms with Crippen LogP contribution in [0.3, 0.4) is 0 Å². The summed E-state index contributed by atoms with van der Waals surface area (Å²) in [5.74, 6) is 4.30. The third-order valence-corrected chi connectivity index (χ3v) is 32.5. The van der Waals surface area contributed by atoms with E-state index in [2.05, 4.69) is 60.8 Å². The van der Waals surface area contributed by atoms with Gasteiger partial charge in [-0.1, -0.05) is 201 Å². The van der Waals surface area contributed by atoms with E-state index in [1.807, 2.05) is 0 Å². The molecule has 14 aliphatic carbocycles. The van der Waals surface area contributed by atoms with Crippen molar-refractivity contribution in [1.82, 2.24) is 0 Å². The minimum atomic E-state index is -0.252. The summed E-state index contributed by atoms with van der Waals surface area (Å²) < 4.78 is 0. The van der Waals surface area contributed by atoms with Crippen LogP contribution >= 0.6 is 128 Å². The molecule has 10 amide bonds. The topological polar surface area (TPSA) is 187 Å². The number of benzene rings is 5. The quantitative estimate of drug-likeness (QED) is 0.0709. The van der Waals surface area contributed by atoms with Gasteiger partial charge in [0.2, 0.25) is 59.1 Å². The first-order chi connectivity index (χ1) is 53.3. The number of carbonyl (C=O) groups is 10. The fraction of sp³-hybridized carbons (Fsp3) is 0.412. The lowest BCUT2D eigenvalue weighted by atomic mass is 9.65. The van der Waals surface area contributed by atoms with Gasteiger partial charge in [-0.3, -0.25) is 47.9 Å². The molecule has 5 aromatic carbocycles. The molecule has 5 heterocycles. The maximum absolute atomic E-state index is 13.3. The Kier molecular flexibility index (Phi) is 17.8. The molecular formula is C85H66Cl11N5O10. The van der Waals surface area contributed by atoms with Gasteiger partial charge in [0, 0.05) is 10.0 Å². The number of anilines is 5. The van der Waals surface area contributed by atoms with Gasteiger partial charge >= 0.3 is 0 Å². The van der Waals surface area contributed by atoms with Gasteiger partial charge in [0.1, 0.15) is 0 Å². The number of nitrogens with zero attached hydrogens (tertiary/aromatic N) is 5. The van der Waals surface area contributed by atoms with Gasteiger partial charge < -0.3 is 0 Å². The number of halogens is 11. The smallest absolute Gasteiger partial charge is 0.238 e. The first-order valence-corrected chi connectivity index (χ1v) is 42.2. The number of imide groups is 5. The molecule has 111 heavy (non-hydrogen) atoms. The molecule has 24 rings (SSSR count). The van der Waals surface area contributed by atoms with Crippen LogP contribution in [0.15, 0.2) is 146 Å². The van der Waals surface area contributed by atoms with E-state index in [9.17, 15) is 47.9 Å². The van der Waals surface area contributed by atoms with Crippen LogP contribution in [-0.2, 0) is 47.9 Å². The number of para-hydroxylation sites is 2. The Hall–Kier alpha value is -6.31. The van der Waals surface area contributed by atoms with Gasteiger partial charge in [-0.2, -0.15) is 0 Å². The Morgan fingerprint density at radius 1 is 0.216 bits per heavy atom. The van der Waals surface area contributed by atoms with Gasteiger partial charge in [-0.15, -0.1) is 0 Å². The lowest BCUT2D eigenvalue weighted by Gasteiger charge is -2.36. The van der Waals surface area contributed by atoms with Crippen molar-refractivity contribution in [3.63, 3.8) is 0 Å². The molecule has 28 unspecified atom stereocenters. The van der Waals surface area contributed by atoms with Crippen LogP contribution in [-0.4, -0.2) is 59.1 Å². The van der Waals surface area contributed by atoms with Crippen molar-refractivity contribution < 1.29 is 47.9 Å². The summed E-state index contributed by atoms with van der Waals surface area (Å²) in [5.41, 5.74) is 1.97. The van der Waals surface area contributed by atoms with Crippen molar-refractivity contribution in [2.45, 2.75) is 44.9 Å². The molecule has 9 saturated carbocycles. The predicted octanol–water partition coefficient (Wildman–Crippen LogP) is 18.9. The minimum absolute atomic E-state index is 0.0445. The van der Waals surface area contributed by atoms with Crippen molar-refractivity contribution >= 4 is 215 Å². The lowest BCUT2D eigenvalue weighted by molar-refractivity contribution is -0.124. The predicted molar refractivity (Wildman–Crippen MR) is 426 cm³/mol. The molecule has 0 radical (unpaired) electrons. The summed E-state index contributed by atoms with van der Waals surface area (Å²) in [6.07, 6.45) is 29.1. The second-order valence-corrected chi connectivity index (χ2v) is 38.1. The minimum Gasteiger partial charge on any atom is -0.274 e. The number of fused-ring (bicyclic) bond motifs is 39. The normalized spacial score (nSPS) is 39.1. The van der Waals surface area contributed by atoms with E-state index < -0.39 is 0 Å². The SMILES string of the molecule is O=C1C2C3C=CC(C3)C2C(=O)N1c1c(Cl)cccc1Cl.O=C1C2C3C=CC(C3)C2C(=O)N1c1cc(Cl)c(Cl)cc1Cl.O=C1C2C3C=CC(C3)C2C(=O)N1c1ccc(Cl)cc1Cl.O=C1C2C3CC(C2C(=O)N1c1c(Cl)cccc1Cl)C1C2C=CC(C2)C31.O=C1C2C3CC(C2C(=O)N1c1ccc(Cl)cc1Cl)C1C2C=CC(C2)C31. The van der Waals surface area contributed by atoms with Crippen LogP contribution in [0.5, 0.6) is 0 Å². The van der Waals surface area contributed by atoms with Crippen molar-refractivity contribution in [3.05, 3.63) is 201 Å². The van der Waals surface area contributed by atoms with E-state index in [-0.39, 0.29) is 164 Å². The first kappa shape index (κ1) is 73.6. The number of hydrogen-bond acceptors (Lipinski definition) is 10. The summed E-state index contributed by atoms with van der Waals surface area (Å²) in [7, 11) is 0. The van der Waals surface area contributed by atoms with Crippen LogP contribution in [0.4, 0.5) is 28.4 Å². The van der Waals surface area contributed by atoms with Gasteiger partial charge in [0.05, 0.1) is 133 Å². The van der Waals surface area contributed by atoms with Gasteiger partial charge in [0.15, 0.2) is 0 Å². The highest BCUT2D eigenvalue weighted by Crippen LogP contribution is 2.73. The lowest BCUT2D eigenvalue weighted by Crippen LogP contribution is -2.38. The second kappa shape index (κ2) is 26.9. The summed E-state index contributed by atoms with van der Waals surface area (Å²) in [5, 5.41) is 3.91. The van der Waals surface area contributed by atoms with E-state index in [1.54, 1.807) is 72.8 Å². The summed E-state index contributed by atoms with van der Waals surface area (Å²) in [6, 6.07) is 22.8. The molecule has 0 aromatic heterocycles. The molecule has 568 valence electrons. The highest BCUT2D eigenvalue weighted by atomic mass is 35.5. The van der Waals surface area contributed by atoms with Crippen LogP contribution in [0.2, 0.25) is 55.2 Å². The highest BCUT2D eigenvalue weighted by molar-refractivity contribution is 6.46. The number of allylic oxidation sites excluding steroid dienone is 10. The third-order valence-electron chi connectivity index (χ3n) is 29.1. The Morgan fingerprint density at radius 3 is 0.748 bits per heavy atom. The number of hydrogen-bond donors (Lipinski definition) is 0. The van der Waals surface area contributed by atoms with E-state index >= 15 is 0 Å². The van der Waals surface area contributed by atoms with Crippen molar-refractivity contribution in [2.75, 3.05) is 24.5 Å². The molecule has 5 saturated heterocycles. The summed E-state index contributed by atoms with van der Waals surface area (Å²) in [6.45, 7) is 0. The molecule has 28 atom stereocenters. The summed E-state index contributed by atoms with van der Waals surface area (Å²) >= 11 is 67.2. The first-order valence-electron chi connectivity index (χ1n) is 38.0. The van der Waals surface area contributed by atoms with Crippen LogP contribution in [0.1, 0.15) is 44.9 Å². The van der Waals surface area contributed by atoms with Crippen LogP contribution in [0, 0.1) is 166 Å². The maximum Gasteiger partial charge on any atom is 0.238 e. The van der Waals surface area contributed by atoms with Crippen molar-refractivity contribution in [2.24, 2.45) is 166 Å². The Morgan fingerprint density at radius 2 is 0.450 bits per heavy atom. The molecule has 14 bridgehead atoms. The third kappa shape index (κ3) is 10.7.